The van der Waals surface area contributed by atoms with Crippen molar-refractivity contribution in [3.8, 4) is 5.75 Å². The highest BCUT2D eigenvalue weighted by molar-refractivity contribution is 5.87. The average molecular weight is 313 g/mol. The predicted molar refractivity (Wildman–Crippen MR) is 86.2 cm³/mol. The fraction of sp³-hybridized carbons (Fsp3) is 0.333. The van der Waals surface area contributed by atoms with E-state index in [-0.39, 0.29) is 24.5 Å². The number of carbonyl (C=O) groups is 2. The molecule has 1 saturated heterocycles. The van der Waals surface area contributed by atoms with Crippen LogP contribution >= 0.6 is 0 Å². The van der Waals surface area contributed by atoms with Crippen LogP contribution in [-0.2, 0) is 14.3 Å². The van der Waals surface area contributed by atoms with Crippen LogP contribution in [0, 0.1) is 0 Å². The topological polar surface area (TPSA) is 55.8 Å². The molecule has 0 aromatic heterocycles. The van der Waals surface area contributed by atoms with Gasteiger partial charge in [0.25, 0.3) is 0 Å². The molecule has 5 heteroatoms. The molecule has 1 amide bonds. The molecule has 0 saturated carbocycles. The summed E-state index contributed by atoms with van der Waals surface area (Å²) in [6.45, 7) is 2.52. The maximum atomic E-state index is 12.2. The summed E-state index contributed by atoms with van der Waals surface area (Å²) < 4.78 is 10.4. The molecule has 0 bridgehead atoms. The molecule has 5 nitrogen and oxygen atoms in total. The van der Waals surface area contributed by atoms with Crippen LogP contribution in [0.5, 0.6) is 5.75 Å². The lowest BCUT2D eigenvalue weighted by Gasteiger charge is -2.30. The Hall–Kier alpha value is -2.56. The summed E-state index contributed by atoms with van der Waals surface area (Å²) in [5.74, 6) is 0.137. The van der Waals surface area contributed by atoms with Gasteiger partial charge in [0.15, 0.2) is 6.73 Å². The van der Waals surface area contributed by atoms with Gasteiger partial charge in [-0.1, -0.05) is 24.3 Å². The lowest BCUT2D eigenvalue weighted by molar-refractivity contribution is -0.159. The Morgan fingerprint density at radius 1 is 1.22 bits per heavy atom. The number of fused-ring (bicyclic) bond motifs is 1. The molecule has 1 aliphatic heterocycles. The normalized spacial score (nSPS) is 15.2. The Morgan fingerprint density at radius 2 is 1.96 bits per heavy atom. The lowest BCUT2D eigenvalue weighted by Crippen LogP contribution is -2.45. The van der Waals surface area contributed by atoms with Gasteiger partial charge < -0.3 is 14.4 Å². The van der Waals surface area contributed by atoms with Crippen molar-refractivity contribution in [2.24, 2.45) is 0 Å². The molecule has 1 unspecified atom stereocenters. The maximum absolute atomic E-state index is 12.2. The summed E-state index contributed by atoms with van der Waals surface area (Å²) in [4.78, 5) is 24.9. The quantitative estimate of drug-likeness (QED) is 0.629. The molecule has 1 heterocycles. The van der Waals surface area contributed by atoms with Gasteiger partial charge in [0.05, 0.1) is 13.0 Å². The van der Waals surface area contributed by atoms with E-state index in [1.54, 1.807) is 7.11 Å². The SMILES string of the molecule is COc1ccc2cc(C(C)C(=O)OCN3CCC3=O)ccc2c1. The number of amides is 1. The molecule has 2 aromatic rings. The van der Waals surface area contributed by atoms with Crippen molar-refractivity contribution in [2.75, 3.05) is 20.4 Å². The fourth-order valence-corrected chi connectivity index (χ4v) is 2.54. The van der Waals surface area contributed by atoms with E-state index < -0.39 is 0 Å². The predicted octanol–water partition coefficient (Wildman–Crippen LogP) is 2.68. The molecule has 0 radical (unpaired) electrons. The summed E-state index contributed by atoms with van der Waals surface area (Å²) in [7, 11) is 1.64. The van der Waals surface area contributed by atoms with Crippen LogP contribution in [-0.4, -0.2) is 37.2 Å². The van der Waals surface area contributed by atoms with Crippen LogP contribution in [0.15, 0.2) is 36.4 Å². The van der Waals surface area contributed by atoms with E-state index >= 15 is 0 Å². The van der Waals surface area contributed by atoms with Gasteiger partial charge in [-0.3, -0.25) is 9.59 Å². The Kier molecular flexibility index (Phi) is 4.19. The summed E-state index contributed by atoms with van der Waals surface area (Å²) in [5, 5.41) is 2.10. The number of β-lactam (4-membered cyclic amide) rings is 1. The zero-order chi connectivity index (χ0) is 16.4. The first kappa shape index (κ1) is 15.3. The van der Waals surface area contributed by atoms with Gasteiger partial charge in [0.1, 0.15) is 5.75 Å². The molecule has 0 spiro atoms. The van der Waals surface area contributed by atoms with Gasteiger partial charge in [0, 0.05) is 13.0 Å². The number of hydrogen-bond acceptors (Lipinski definition) is 4. The number of likely N-dealkylation sites (tertiary alicyclic amines) is 1. The van der Waals surface area contributed by atoms with Gasteiger partial charge in [-0.2, -0.15) is 0 Å². The highest BCUT2D eigenvalue weighted by Crippen LogP contribution is 2.26. The lowest BCUT2D eigenvalue weighted by atomic mass is 9.98. The van der Waals surface area contributed by atoms with Crippen molar-refractivity contribution in [1.82, 2.24) is 4.90 Å². The third kappa shape index (κ3) is 3.13. The Labute approximate surface area is 134 Å². The molecule has 1 fully saturated rings. The fourth-order valence-electron chi connectivity index (χ4n) is 2.54. The number of carbonyl (C=O) groups excluding carboxylic acids is 2. The maximum Gasteiger partial charge on any atom is 0.314 e. The minimum Gasteiger partial charge on any atom is -0.497 e. The van der Waals surface area contributed by atoms with Crippen LogP contribution < -0.4 is 4.74 Å². The second-order valence-corrected chi connectivity index (χ2v) is 5.69. The van der Waals surface area contributed by atoms with Gasteiger partial charge in [0.2, 0.25) is 5.91 Å². The number of ether oxygens (including phenoxy) is 2. The summed E-state index contributed by atoms with van der Waals surface area (Å²) in [6, 6.07) is 11.7. The number of esters is 1. The summed E-state index contributed by atoms with van der Waals surface area (Å²) >= 11 is 0. The smallest absolute Gasteiger partial charge is 0.314 e. The van der Waals surface area contributed by atoms with Crippen LogP contribution in [0.4, 0.5) is 0 Å². The molecule has 23 heavy (non-hydrogen) atoms. The monoisotopic (exact) mass is 313 g/mol. The highest BCUT2D eigenvalue weighted by atomic mass is 16.5. The first-order valence-corrected chi connectivity index (χ1v) is 7.60. The van der Waals surface area contributed by atoms with Crippen molar-refractivity contribution >= 4 is 22.6 Å². The minimum absolute atomic E-state index is 0.0325. The van der Waals surface area contributed by atoms with E-state index in [9.17, 15) is 9.59 Å². The van der Waals surface area contributed by atoms with Crippen molar-refractivity contribution in [1.29, 1.82) is 0 Å². The van der Waals surface area contributed by atoms with E-state index in [4.69, 9.17) is 9.47 Å². The molecule has 1 atom stereocenters. The number of nitrogens with zero attached hydrogens (tertiary/aromatic N) is 1. The van der Waals surface area contributed by atoms with Crippen LogP contribution in [0.1, 0.15) is 24.8 Å². The average Bonchev–Trinajstić information content (AvgIpc) is 2.58. The van der Waals surface area contributed by atoms with E-state index in [0.29, 0.717) is 13.0 Å². The van der Waals surface area contributed by atoms with E-state index in [1.165, 1.54) is 4.90 Å². The number of hydrogen-bond donors (Lipinski definition) is 0. The second-order valence-electron chi connectivity index (χ2n) is 5.69. The van der Waals surface area contributed by atoms with E-state index in [0.717, 1.165) is 22.1 Å². The van der Waals surface area contributed by atoms with Crippen molar-refractivity contribution < 1.29 is 19.1 Å². The van der Waals surface area contributed by atoms with Crippen molar-refractivity contribution in [3.63, 3.8) is 0 Å². The Bertz CT molecular complexity index is 756. The van der Waals surface area contributed by atoms with E-state index in [1.807, 2.05) is 43.3 Å². The van der Waals surface area contributed by atoms with Gasteiger partial charge in [-0.15, -0.1) is 0 Å². The van der Waals surface area contributed by atoms with Crippen molar-refractivity contribution in [3.05, 3.63) is 42.0 Å². The zero-order valence-corrected chi connectivity index (χ0v) is 13.2. The van der Waals surface area contributed by atoms with Crippen LogP contribution in [0.2, 0.25) is 0 Å². The summed E-state index contributed by atoms with van der Waals surface area (Å²) in [5.41, 5.74) is 0.891. The van der Waals surface area contributed by atoms with Crippen molar-refractivity contribution in [2.45, 2.75) is 19.3 Å². The molecule has 2 aromatic carbocycles. The van der Waals surface area contributed by atoms with Crippen LogP contribution in [0.25, 0.3) is 10.8 Å². The summed E-state index contributed by atoms with van der Waals surface area (Å²) in [6.07, 6.45) is 0.543. The van der Waals surface area contributed by atoms with Gasteiger partial charge in [-0.25, -0.2) is 0 Å². The zero-order valence-electron chi connectivity index (χ0n) is 13.2. The first-order valence-electron chi connectivity index (χ1n) is 7.60. The van der Waals surface area contributed by atoms with Crippen LogP contribution in [0.3, 0.4) is 0 Å². The molecule has 120 valence electrons. The Morgan fingerprint density at radius 3 is 2.61 bits per heavy atom. The molecule has 0 aliphatic carbocycles. The number of benzene rings is 2. The van der Waals surface area contributed by atoms with Gasteiger partial charge >= 0.3 is 5.97 Å². The van der Waals surface area contributed by atoms with E-state index in [2.05, 4.69) is 0 Å². The Balaban J connectivity index is 1.70. The molecule has 3 rings (SSSR count). The third-order valence-corrected chi connectivity index (χ3v) is 4.24. The third-order valence-electron chi connectivity index (χ3n) is 4.24. The standard InChI is InChI=1S/C18H19NO4/c1-12(18(21)23-11-19-8-7-17(19)20)13-3-4-15-10-16(22-2)6-5-14(15)9-13/h3-6,9-10,12H,7-8,11H2,1-2H3. The number of rotatable bonds is 5. The number of methoxy groups -OCH3 is 1. The minimum atomic E-state index is -0.377. The second kappa shape index (κ2) is 6.28. The molecular formula is C18H19NO4. The molecule has 0 N–H and O–H groups in total. The highest BCUT2D eigenvalue weighted by Gasteiger charge is 2.26. The molecular weight excluding hydrogens is 294 g/mol. The van der Waals surface area contributed by atoms with Gasteiger partial charge in [-0.05, 0) is 35.4 Å². The first-order chi connectivity index (χ1) is 11.1. The largest absolute Gasteiger partial charge is 0.497 e. The molecule has 1 aliphatic rings.